The number of nitrogens with zero attached hydrogens (tertiary/aromatic N) is 2. The number of rotatable bonds is 4. The first kappa shape index (κ1) is 16.0. The van der Waals surface area contributed by atoms with Crippen molar-refractivity contribution in [3.63, 3.8) is 0 Å². The molecule has 0 spiro atoms. The van der Waals surface area contributed by atoms with E-state index in [9.17, 15) is 19.2 Å². The minimum absolute atomic E-state index is 0.0655. The maximum absolute atomic E-state index is 12.2. The second-order valence-electron chi connectivity index (χ2n) is 5.82. The number of Topliss-reactive ketones (excluding diaryl/α,β-unsaturated/α-hetero) is 1. The van der Waals surface area contributed by atoms with Gasteiger partial charge in [-0.2, -0.15) is 0 Å². The maximum Gasteiger partial charge on any atom is 0.410 e. The summed E-state index contributed by atoms with van der Waals surface area (Å²) >= 11 is 0. The highest BCUT2D eigenvalue weighted by molar-refractivity contribution is 6.12. The molecular formula is C16H16N2O6. The molecule has 2 aliphatic heterocycles. The van der Waals surface area contributed by atoms with E-state index < -0.39 is 41.9 Å². The smallest absolute Gasteiger partial charge is 0.410 e. The van der Waals surface area contributed by atoms with Gasteiger partial charge in [-0.25, -0.2) is 9.59 Å². The van der Waals surface area contributed by atoms with Crippen LogP contribution >= 0.6 is 0 Å². The van der Waals surface area contributed by atoms with E-state index in [-0.39, 0.29) is 13.0 Å². The third-order valence-corrected chi connectivity index (χ3v) is 4.37. The number of amides is 2. The summed E-state index contributed by atoms with van der Waals surface area (Å²) in [6.07, 6.45) is -0.757. The normalized spacial score (nSPS) is 25.0. The van der Waals surface area contributed by atoms with E-state index in [1.54, 1.807) is 12.1 Å². The molecule has 0 bridgehead atoms. The van der Waals surface area contributed by atoms with Gasteiger partial charge in [0, 0.05) is 13.5 Å². The number of carbonyl (C=O) groups is 4. The molecule has 2 heterocycles. The quantitative estimate of drug-likeness (QED) is 0.626. The fraction of sp³-hybridized carbons (Fsp3) is 0.375. The highest BCUT2D eigenvalue weighted by atomic mass is 16.6. The van der Waals surface area contributed by atoms with E-state index >= 15 is 0 Å². The van der Waals surface area contributed by atoms with E-state index in [1.165, 1.54) is 7.05 Å². The molecular weight excluding hydrogens is 316 g/mol. The van der Waals surface area contributed by atoms with Crippen LogP contribution in [0.3, 0.4) is 0 Å². The molecule has 3 atom stereocenters. The van der Waals surface area contributed by atoms with Crippen LogP contribution in [0.25, 0.3) is 0 Å². The summed E-state index contributed by atoms with van der Waals surface area (Å²) in [5.41, 5.74) is 0.808. The largest absolute Gasteiger partial charge is 0.479 e. The molecule has 2 amide bonds. The van der Waals surface area contributed by atoms with Crippen molar-refractivity contribution < 1.29 is 29.0 Å². The lowest BCUT2D eigenvalue weighted by Crippen LogP contribution is -2.70. The molecule has 1 aromatic rings. The molecule has 24 heavy (non-hydrogen) atoms. The van der Waals surface area contributed by atoms with Crippen LogP contribution in [0.2, 0.25) is 0 Å². The van der Waals surface area contributed by atoms with Crippen molar-refractivity contribution in [2.24, 2.45) is 0 Å². The van der Waals surface area contributed by atoms with Crippen LogP contribution in [0.15, 0.2) is 30.3 Å². The number of ether oxygens (including phenoxy) is 1. The first-order valence-electron chi connectivity index (χ1n) is 7.43. The Bertz CT molecular complexity index is 704. The Morgan fingerprint density at radius 3 is 2.58 bits per heavy atom. The predicted molar refractivity (Wildman–Crippen MR) is 79.9 cm³/mol. The molecule has 3 rings (SSSR count). The van der Waals surface area contributed by atoms with Gasteiger partial charge in [-0.05, 0) is 5.56 Å². The molecule has 126 valence electrons. The summed E-state index contributed by atoms with van der Waals surface area (Å²) in [5, 5.41) is 9.05. The van der Waals surface area contributed by atoms with E-state index in [1.807, 2.05) is 18.2 Å². The average molecular weight is 332 g/mol. The Morgan fingerprint density at radius 2 is 1.96 bits per heavy atom. The van der Waals surface area contributed by atoms with Crippen LogP contribution in [0.1, 0.15) is 12.0 Å². The van der Waals surface area contributed by atoms with Crippen molar-refractivity contribution in [3.05, 3.63) is 35.9 Å². The SMILES string of the molecule is CN(C(=O)OCc1ccccc1)[C@H]1C(=O)N2[C@@H](C(=O)O)C(=O)C[C@H]12. The van der Waals surface area contributed by atoms with Crippen LogP contribution in [-0.2, 0) is 25.7 Å². The number of likely N-dealkylation sites (N-methyl/N-ethyl adjacent to an activating group) is 1. The molecule has 1 N–H and O–H groups in total. The number of carboxylic acid groups (broad SMARTS) is 1. The summed E-state index contributed by atoms with van der Waals surface area (Å²) in [6, 6.07) is 6.18. The summed E-state index contributed by atoms with van der Waals surface area (Å²) < 4.78 is 5.16. The lowest BCUT2D eigenvalue weighted by molar-refractivity contribution is -0.165. The van der Waals surface area contributed by atoms with Gasteiger partial charge in [-0.15, -0.1) is 0 Å². The van der Waals surface area contributed by atoms with Gasteiger partial charge in [-0.1, -0.05) is 30.3 Å². The molecule has 8 nitrogen and oxygen atoms in total. The van der Waals surface area contributed by atoms with Crippen LogP contribution in [0.4, 0.5) is 4.79 Å². The fourth-order valence-corrected chi connectivity index (χ4v) is 3.17. The molecule has 2 aliphatic rings. The minimum Gasteiger partial charge on any atom is -0.479 e. The summed E-state index contributed by atoms with van der Waals surface area (Å²) in [5.74, 6) is -2.41. The molecule has 1 aromatic carbocycles. The molecule has 8 heteroatoms. The van der Waals surface area contributed by atoms with Crippen molar-refractivity contribution in [3.8, 4) is 0 Å². The van der Waals surface area contributed by atoms with Crippen molar-refractivity contribution in [2.75, 3.05) is 7.05 Å². The zero-order valence-corrected chi connectivity index (χ0v) is 12.9. The van der Waals surface area contributed by atoms with Gasteiger partial charge in [-0.3, -0.25) is 14.5 Å². The second-order valence-corrected chi connectivity index (χ2v) is 5.82. The first-order valence-corrected chi connectivity index (χ1v) is 7.43. The average Bonchev–Trinajstić information content (AvgIpc) is 2.86. The highest BCUT2D eigenvalue weighted by Crippen LogP contribution is 2.36. The standard InChI is InChI=1S/C16H16N2O6/c1-17(16(23)24-8-9-5-3-2-4-6-9)12-10-7-11(19)13(15(21)22)18(10)14(12)20/h2-6,10,12-13H,7-8H2,1H3,(H,21,22)/t10-,12-,13-/m1/s1. The number of ketones is 1. The molecule has 0 aliphatic carbocycles. The van der Waals surface area contributed by atoms with Crippen LogP contribution in [0.5, 0.6) is 0 Å². The number of carbonyl (C=O) groups excluding carboxylic acids is 3. The Morgan fingerprint density at radius 1 is 1.29 bits per heavy atom. The monoisotopic (exact) mass is 332 g/mol. The number of carboxylic acids is 1. The summed E-state index contributed by atoms with van der Waals surface area (Å²) in [6.45, 7) is 0.0655. The van der Waals surface area contributed by atoms with E-state index in [2.05, 4.69) is 0 Å². The zero-order valence-electron chi connectivity index (χ0n) is 12.9. The second kappa shape index (κ2) is 5.95. The number of hydrogen-bond donors (Lipinski definition) is 1. The summed E-state index contributed by atoms with van der Waals surface area (Å²) in [7, 11) is 1.41. The van der Waals surface area contributed by atoms with Crippen LogP contribution in [-0.4, -0.2) is 63.8 Å². The Balaban J connectivity index is 1.63. The van der Waals surface area contributed by atoms with Gasteiger partial charge in [0.25, 0.3) is 0 Å². The molecule has 2 fully saturated rings. The molecule has 0 aromatic heterocycles. The van der Waals surface area contributed by atoms with Gasteiger partial charge in [0.2, 0.25) is 5.91 Å². The molecule has 2 saturated heterocycles. The number of hydrogen-bond acceptors (Lipinski definition) is 5. The highest BCUT2D eigenvalue weighted by Gasteiger charge is 2.62. The lowest BCUT2D eigenvalue weighted by atomic mass is 9.95. The third-order valence-electron chi connectivity index (χ3n) is 4.37. The number of aliphatic carboxylic acids is 1. The van der Waals surface area contributed by atoms with E-state index in [0.717, 1.165) is 15.4 Å². The molecule has 0 unspecified atom stereocenters. The molecule has 0 radical (unpaired) electrons. The van der Waals surface area contributed by atoms with E-state index in [4.69, 9.17) is 9.84 Å². The van der Waals surface area contributed by atoms with Gasteiger partial charge in [0.15, 0.2) is 11.8 Å². The third kappa shape index (κ3) is 2.49. The van der Waals surface area contributed by atoms with Gasteiger partial charge < -0.3 is 14.7 Å². The molecule has 0 saturated carbocycles. The van der Waals surface area contributed by atoms with E-state index in [0.29, 0.717) is 0 Å². The maximum atomic E-state index is 12.2. The zero-order chi connectivity index (χ0) is 17.4. The Kier molecular flexibility index (Phi) is 3.96. The number of fused-ring (bicyclic) bond motifs is 1. The Labute approximate surface area is 137 Å². The van der Waals surface area contributed by atoms with Crippen LogP contribution < -0.4 is 0 Å². The van der Waals surface area contributed by atoms with Gasteiger partial charge in [0.05, 0.1) is 6.04 Å². The first-order chi connectivity index (χ1) is 11.4. The summed E-state index contributed by atoms with van der Waals surface area (Å²) in [4.78, 5) is 49.3. The topological polar surface area (TPSA) is 104 Å². The Hall–Kier alpha value is -2.90. The lowest BCUT2D eigenvalue weighted by Gasteiger charge is -2.46. The fourth-order valence-electron chi connectivity index (χ4n) is 3.17. The minimum atomic E-state index is -1.44. The van der Waals surface area contributed by atoms with Gasteiger partial charge in [0.1, 0.15) is 12.6 Å². The van der Waals surface area contributed by atoms with Crippen molar-refractivity contribution in [1.29, 1.82) is 0 Å². The number of β-lactam (4-membered cyclic amide) rings is 1. The van der Waals surface area contributed by atoms with Crippen molar-refractivity contribution >= 4 is 23.8 Å². The van der Waals surface area contributed by atoms with Crippen molar-refractivity contribution in [1.82, 2.24) is 9.80 Å². The van der Waals surface area contributed by atoms with Crippen molar-refractivity contribution in [2.45, 2.75) is 31.2 Å². The number of benzene rings is 1. The van der Waals surface area contributed by atoms with Gasteiger partial charge >= 0.3 is 12.1 Å². The van der Waals surface area contributed by atoms with Crippen LogP contribution in [0, 0.1) is 0 Å². The predicted octanol–water partition coefficient (Wildman–Crippen LogP) is 0.260.